The Morgan fingerprint density at radius 1 is 1.09 bits per heavy atom. The normalized spacial score (nSPS) is 16.9. The minimum absolute atomic E-state index is 0.00176. The van der Waals surface area contributed by atoms with E-state index in [4.69, 9.17) is 5.11 Å². The minimum atomic E-state index is -0.819. The van der Waals surface area contributed by atoms with Crippen LogP contribution in [0, 0.1) is 5.92 Å². The zero-order chi connectivity index (χ0) is 16.2. The highest BCUT2D eigenvalue weighted by Crippen LogP contribution is 2.22. The van der Waals surface area contributed by atoms with E-state index in [0.29, 0.717) is 38.6 Å². The van der Waals surface area contributed by atoms with Crippen LogP contribution in [-0.4, -0.2) is 46.7 Å². The van der Waals surface area contributed by atoms with Gasteiger partial charge in [-0.25, -0.2) is 9.59 Å². The summed E-state index contributed by atoms with van der Waals surface area (Å²) in [6, 6.07) is 8.16. The van der Waals surface area contributed by atoms with E-state index >= 15 is 0 Å². The fraction of sp³-hybridized carbons (Fsp3) is 0.529. The molecule has 0 spiro atoms. The van der Waals surface area contributed by atoms with Crippen molar-refractivity contribution in [3.8, 4) is 0 Å². The molecule has 0 radical (unpaired) electrons. The summed E-state index contributed by atoms with van der Waals surface area (Å²) >= 11 is 0. The van der Waals surface area contributed by atoms with Crippen molar-refractivity contribution in [2.75, 3.05) is 19.6 Å². The molecule has 1 aromatic carbocycles. The number of carboxylic acid groups (broad SMARTS) is 1. The molecule has 6 nitrogen and oxygen atoms in total. The van der Waals surface area contributed by atoms with Crippen molar-refractivity contribution < 1.29 is 14.7 Å². The standard InChI is InChI=1S/C17H23N3O3/c21-16(19-11-14-6-1-2-7-15(14)12-19)18-8-4-3-5-13-9-20(10-13)17(22)23/h1-2,6-7,13H,3-5,8-12H2,(H,18,21)(H,22,23). The highest BCUT2D eigenvalue weighted by Gasteiger charge is 2.29. The first-order valence-corrected chi connectivity index (χ1v) is 8.21. The van der Waals surface area contributed by atoms with Gasteiger partial charge in [0.2, 0.25) is 0 Å². The van der Waals surface area contributed by atoms with Crippen LogP contribution >= 0.6 is 0 Å². The molecule has 3 amide bonds. The lowest BCUT2D eigenvalue weighted by Gasteiger charge is -2.37. The van der Waals surface area contributed by atoms with Crippen LogP contribution in [-0.2, 0) is 13.1 Å². The number of urea groups is 1. The van der Waals surface area contributed by atoms with Gasteiger partial charge in [-0.05, 0) is 29.9 Å². The summed E-state index contributed by atoms with van der Waals surface area (Å²) in [6.45, 7) is 3.38. The van der Waals surface area contributed by atoms with Crippen molar-refractivity contribution in [2.24, 2.45) is 5.92 Å². The highest BCUT2D eigenvalue weighted by molar-refractivity contribution is 5.75. The van der Waals surface area contributed by atoms with Crippen LogP contribution in [0.15, 0.2) is 24.3 Å². The molecule has 2 aliphatic rings. The van der Waals surface area contributed by atoms with Crippen LogP contribution in [0.1, 0.15) is 30.4 Å². The Bertz CT molecular complexity index is 559. The number of fused-ring (bicyclic) bond motifs is 1. The van der Waals surface area contributed by atoms with Crippen molar-refractivity contribution in [1.82, 2.24) is 15.1 Å². The van der Waals surface area contributed by atoms with E-state index in [0.717, 1.165) is 19.3 Å². The maximum Gasteiger partial charge on any atom is 0.407 e. The van der Waals surface area contributed by atoms with Gasteiger partial charge in [-0.15, -0.1) is 0 Å². The Labute approximate surface area is 136 Å². The molecule has 0 atom stereocenters. The number of hydrogen-bond acceptors (Lipinski definition) is 2. The molecule has 124 valence electrons. The molecule has 2 N–H and O–H groups in total. The smallest absolute Gasteiger partial charge is 0.407 e. The van der Waals surface area contributed by atoms with Crippen LogP contribution in [0.3, 0.4) is 0 Å². The molecule has 1 aromatic rings. The third kappa shape index (κ3) is 3.75. The van der Waals surface area contributed by atoms with Gasteiger partial charge >= 0.3 is 12.1 Å². The second-order valence-corrected chi connectivity index (χ2v) is 6.41. The molecule has 1 fully saturated rings. The molecular weight excluding hydrogens is 294 g/mol. The van der Waals surface area contributed by atoms with Gasteiger partial charge in [0, 0.05) is 32.7 Å². The maximum absolute atomic E-state index is 12.1. The Balaban J connectivity index is 1.27. The second kappa shape index (κ2) is 6.89. The van der Waals surface area contributed by atoms with E-state index < -0.39 is 6.09 Å². The highest BCUT2D eigenvalue weighted by atomic mass is 16.4. The first kappa shape index (κ1) is 15.6. The van der Waals surface area contributed by atoms with Crippen LogP contribution in [0.25, 0.3) is 0 Å². The van der Waals surface area contributed by atoms with E-state index in [9.17, 15) is 9.59 Å². The number of benzene rings is 1. The lowest BCUT2D eigenvalue weighted by molar-refractivity contribution is 0.0773. The number of nitrogens with zero attached hydrogens (tertiary/aromatic N) is 2. The summed E-state index contributed by atoms with van der Waals surface area (Å²) < 4.78 is 0. The van der Waals surface area contributed by atoms with Crippen LogP contribution in [0.5, 0.6) is 0 Å². The molecule has 0 aliphatic carbocycles. The number of unbranched alkanes of at least 4 members (excludes halogenated alkanes) is 1. The molecule has 0 aromatic heterocycles. The summed E-state index contributed by atoms with van der Waals surface area (Å²) in [5.41, 5.74) is 2.46. The predicted octanol–water partition coefficient (Wildman–Crippen LogP) is 2.49. The SMILES string of the molecule is O=C(O)N1CC(CCCCNC(=O)N2Cc3ccccc3C2)C1. The topological polar surface area (TPSA) is 72.9 Å². The molecule has 0 unspecified atom stereocenters. The van der Waals surface area contributed by atoms with E-state index in [1.165, 1.54) is 16.0 Å². The average molecular weight is 317 g/mol. The molecule has 0 bridgehead atoms. The average Bonchev–Trinajstić information content (AvgIpc) is 2.92. The minimum Gasteiger partial charge on any atom is -0.465 e. The molecule has 23 heavy (non-hydrogen) atoms. The first-order chi connectivity index (χ1) is 11.1. The Kier molecular flexibility index (Phi) is 4.69. The number of likely N-dealkylation sites (tertiary alicyclic amines) is 1. The van der Waals surface area contributed by atoms with Gasteiger partial charge in [-0.1, -0.05) is 30.7 Å². The lowest BCUT2D eigenvalue weighted by atomic mass is 9.94. The number of nitrogens with one attached hydrogen (secondary N) is 1. The molecule has 2 aliphatic heterocycles. The maximum atomic E-state index is 12.1. The van der Waals surface area contributed by atoms with Crippen molar-refractivity contribution >= 4 is 12.1 Å². The molecule has 6 heteroatoms. The van der Waals surface area contributed by atoms with Crippen molar-refractivity contribution in [3.63, 3.8) is 0 Å². The van der Waals surface area contributed by atoms with Gasteiger partial charge in [-0.3, -0.25) is 0 Å². The monoisotopic (exact) mass is 317 g/mol. The molecule has 0 saturated carbocycles. The van der Waals surface area contributed by atoms with Gasteiger partial charge in [0.25, 0.3) is 0 Å². The fourth-order valence-electron chi connectivity index (χ4n) is 3.25. The van der Waals surface area contributed by atoms with Gasteiger partial charge in [0.05, 0.1) is 0 Å². The number of hydrogen-bond donors (Lipinski definition) is 2. The van der Waals surface area contributed by atoms with Gasteiger partial charge in [0.1, 0.15) is 0 Å². The zero-order valence-corrected chi connectivity index (χ0v) is 13.2. The van der Waals surface area contributed by atoms with E-state index in [1.54, 1.807) is 0 Å². The molecular formula is C17H23N3O3. The number of amides is 3. The zero-order valence-electron chi connectivity index (χ0n) is 13.2. The van der Waals surface area contributed by atoms with Crippen LogP contribution in [0.2, 0.25) is 0 Å². The van der Waals surface area contributed by atoms with Gasteiger partial charge in [-0.2, -0.15) is 0 Å². The van der Waals surface area contributed by atoms with Crippen LogP contribution in [0.4, 0.5) is 9.59 Å². The summed E-state index contributed by atoms with van der Waals surface area (Å²) in [6.07, 6.45) is 2.18. The lowest BCUT2D eigenvalue weighted by Crippen LogP contribution is -2.49. The number of rotatable bonds is 5. The summed E-state index contributed by atoms with van der Waals surface area (Å²) in [4.78, 5) is 26.1. The first-order valence-electron chi connectivity index (χ1n) is 8.21. The van der Waals surface area contributed by atoms with E-state index in [1.807, 2.05) is 17.0 Å². The quantitative estimate of drug-likeness (QED) is 0.820. The Hall–Kier alpha value is -2.24. The molecule has 3 rings (SSSR count). The third-order valence-corrected chi connectivity index (χ3v) is 4.67. The van der Waals surface area contributed by atoms with Gasteiger partial charge < -0.3 is 20.2 Å². The number of carbonyl (C=O) groups excluding carboxylic acids is 1. The summed E-state index contributed by atoms with van der Waals surface area (Å²) in [5, 5.41) is 11.7. The Morgan fingerprint density at radius 2 is 1.74 bits per heavy atom. The van der Waals surface area contributed by atoms with Crippen molar-refractivity contribution in [3.05, 3.63) is 35.4 Å². The van der Waals surface area contributed by atoms with E-state index in [2.05, 4.69) is 17.4 Å². The summed E-state index contributed by atoms with van der Waals surface area (Å²) in [7, 11) is 0. The van der Waals surface area contributed by atoms with Crippen LogP contribution < -0.4 is 5.32 Å². The van der Waals surface area contributed by atoms with E-state index in [-0.39, 0.29) is 6.03 Å². The molecule has 2 heterocycles. The fourth-order valence-corrected chi connectivity index (χ4v) is 3.25. The Morgan fingerprint density at radius 3 is 2.35 bits per heavy atom. The van der Waals surface area contributed by atoms with Crippen molar-refractivity contribution in [1.29, 1.82) is 0 Å². The number of carbonyl (C=O) groups is 2. The second-order valence-electron chi connectivity index (χ2n) is 6.41. The van der Waals surface area contributed by atoms with Crippen molar-refractivity contribution in [2.45, 2.75) is 32.4 Å². The molecule has 1 saturated heterocycles. The largest absolute Gasteiger partial charge is 0.465 e. The van der Waals surface area contributed by atoms with Gasteiger partial charge in [0.15, 0.2) is 0 Å². The summed E-state index contributed by atoms with van der Waals surface area (Å²) in [5.74, 6) is 0.495. The predicted molar refractivity (Wildman–Crippen MR) is 86.0 cm³/mol. The third-order valence-electron chi connectivity index (χ3n) is 4.67.